The third-order valence-corrected chi connectivity index (χ3v) is 3.41. The highest BCUT2D eigenvalue weighted by molar-refractivity contribution is 5.24. The molecule has 0 saturated carbocycles. The van der Waals surface area contributed by atoms with Gasteiger partial charge in [-0.3, -0.25) is 4.90 Å². The molecule has 0 aliphatic heterocycles. The van der Waals surface area contributed by atoms with E-state index in [1.165, 1.54) is 5.56 Å². The minimum atomic E-state index is 0.126. The van der Waals surface area contributed by atoms with Crippen LogP contribution in [-0.2, 0) is 5.54 Å². The molecular weight excluding hydrogens is 170 g/mol. The second kappa shape index (κ2) is 4.14. The van der Waals surface area contributed by atoms with Gasteiger partial charge in [0.1, 0.15) is 0 Å². The lowest BCUT2D eigenvalue weighted by atomic mass is 9.80. The summed E-state index contributed by atoms with van der Waals surface area (Å²) in [5.74, 6) is 0.597. The van der Waals surface area contributed by atoms with Gasteiger partial charge < -0.3 is 0 Å². The Labute approximate surface area is 87.7 Å². The van der Waals surface area contributed by atoms with Crippen molar-refractivity contribution in [3.8, 4) is 0 Å². The van der Waals surface area contributed by atoms with Crippen LogP contribution in [0.4, 0.5) is 0 Å². The van der Waals surface area contributed by atoms with Crippen molar-refractivity contribution in [3.63, 3.8) is 0 Å². The number of benzene rings is 1. The van der Waals surface area contributed by atoms with Gasteiger partial charge in [0.25, 0.3) is 0 Å². The van der Waals surface area contributed by atoms with Crippen molar-refractivity contribution in [1.29, 1.82) is 0 Å². The lowest BCUT2D eigenvalue weighted by molar-refractivity contribution is 0.114. The van der Waals surface area contributed by atoms with Crippen molar-refractivity contribution in [3.05, 3.63) is 35.9 Å². The zero-order chi connectivity index (χ0) is 10.8. The summed E-state index contributed by atoms with van der Waals surface area (Å²) >= 11 is 0. The second-order valence-corrected chi connectivity index (χ2v) is 4.56. The molecule has 0 bridgehead atoms. The molecule has 1 aromatic carbocycles. The van der Waals surface area contributed by atoms with Crippen molar-refractivity contribution in [1.82, 2.24) is 4.90 Å². The number of rotatable bonds is 3. The molecule has 0 aliphatic carbocycles. The van der Waals surface area contributed by atoms with Crippen LogP contribution in [-0.4, -0.2) is 19.0 Å². The predicted octanol–water partition coefficient (Wildman–Crippen LogP) is 3.12. The van der Waals surface area contributed by atoms with Crippen LogP contribution in [0.2, 0.25) is 0 Å². The van der Waals surface area contributed by atoms with Crippen molar-refractivity contribution in [2.75, 3.05) is 14.1 Å². The Bertz CT molecular complexity index is 267. The van der Waals surface area contributed by atoms with Crippen LogP contribution in [0.3, 0.4) is 0 Å². The normalized spacial score (nSPS) is 15.9. The average molecular weight is 191 g/mol. The molecule has 0 amide bonds. The largest absolute Gasteiger partial charge is 0.300 e. The van der Waals surface area contributed by atoms with Crippen molar-refractivity contribution in [2.24, 2.45) is 5.92 Å². The highest BCUT2D eigenvalue weighted by Crippen LogP contribution is 2.33. The fourth-order valence-corrected chi connectivity index (χ4v) is 1.88. The van der Waals surface area contributed by atoms with E-state index in [0.717, 1.165) is 0 Å². The lowest BCUT2D eigenvalue weighted by Gasteiger charge is -2.40. The number of hydrogen-bond donors (Lipinski definition) is 0. The molecule has 0 radical (unpaired) electrons. The summed E-state index contributed by atoms with van der Waals surface area (Å²) in [5, 5.41) is 0. The standard InChI is InChI=1S/C13H21N/c1-11(2)13(3,14(4)5)12-9-7-6-8-10-12/h6-11H,1-5H3. The molecule has 1 nitrogen and oxygen atoms in total. The summed E-state index contributed by atoms with van der Waals surface area (Å²) in [5.41, 5.74) is 1.52. The maximum atomic E-state index is 2.30. The van der Waals surface area contributed by atoms with Gasteiger partial charge in [0.2, 0.25) is 0 Å². The van der Waals surface area contributed by atoms with E-state index >= 15 is 0 Å². The molecule has 1 unspecified atom stereocenters. The summed E-state index contributed by atoms with van der Waals surface area (Å²) < 4.78 is 0. The first-order chi connectivity index (χ1) is 6.49. The second-order valence-electron chi connectivity index (χ2n) is 4.56. The molecule has 0 fully saturated rings. The van der Waals surface area contributed by atoms with Crippen molar-refractivity contribution < 1.29 is 0 Å². The van der Waals surface area contributed by atoms with Crippen LogP contribution in [0.15, 0.2) is 30.3 Å². The zero-order valence-corrected chi connectivity index (χ0v) is 9.91. The number of nitrogens with zero attached hydrogens (tertiary/aromatic N) is 1. The van der Waals surface area contributed by atoms with E-state index in [1.807, 2.05) is 0 Å². The molecular formula is C13H21N. The molecule has 14 heavy (non-hydrogen) atoms. The van der Waals surface area contributed by atoms with Gasteiger partial charge in [-0.25, -0.2) is 0 Å². The Morgan fingerprint density at radius 1 is 1.07 bits per heavy atom. The lowest BCUT2D eigenvalue weighted by Crippen LogP contribution is -2.43. The molecule has 1 aromatic rings. The van der Waals surface area contributed by atoms with E-state index < -0.39 is 0 Å². The first kappa shape index (κ1) is 11.3. The molecule has 0 N–H and O–H groups in total. The van der Waals surface area contributed by atoms with Crippen molar-refractivity contribution >= 4 is 0 Å². The smallest absolute Gasteiger partial charge is 0.0449 e. The Kier molecular flexibility index (Phi) is 3.33. The SMILES string of the molecule is CC(C)C(C)(c1ccccc1)N(C)C. The van der Waals surface area contributed by atoms with E-state index in [-0.39, 0.29) is 5.54 Å². The molecule has 0 saturated heterocycles. The van der Waals surface area contributed by atoms with Gasteiger partial charge in [-0.1, -0.05) is 44.2 Å². The fourth-order valence-electron chi connectivity index (χ4n) is 1.88. The van der Waals surface area contributed by atoms with E-state index in [4.69, 9.17) is 0 Å². The number of hydrogen-bond acceptors (Lipinski definition) is 1. The molecule has 1 rings (SSSR count). The van der Waals surface area contributed by atoms with E-state index in [9.17, 15) is 0 Å². The Balaban J connectivity index is 3.13. The first-order valence-corrected chi connectivity index (χ1v) is 5.22. The minimum absolute atomic E-state index is 0.126. The van der Waals surface area contributed by atoms with Crippen LogP contribution < -0.4 is 0 Å². The highest BCUT2D eigenvalue weighted by atomic mass is 15.1. The van der Waals surface area contributed by atoms with Crippen LogP contribution in [0, 0.1) is 5.92 Å². The van der Waals surface area contributed by atoms with Gasteiger partial charge in [-0.15, -0.1) is 0 Å². The van der Waals surface area contributed by atoms with Gasteiger partial charge in [0, 0.05) is 5.54 Å². The van der Waals surface area contributed by atoms with Gasteiger partial charge in [-0.05, 0) is 32.5 Å². The highest BCUT2D eigenvalue weighted by Gasteiger charge is 2.32. The van der Waals surface area contributed by atoms with E-state index in [1.54, 1.807) is 0 Å². The quantitative estimate of drug-likeness (QED) is 0.709. The van der Waals surface area contributed by atoms with Crippen LogP contribution in [0.5, 0.6) is 0 Å². The molecule has 0 aliphatic rings. The van der Waals surface area contributed by atoms with E-state index in [2.05, 4.69) is 70.1 Å². The van der Waals surface area contributed by atoms with Gasteiger partial charge in [-0.2, -0.15) is 0 Å². The summed E-state index contributed by atoms with van der Waals surface area (Å²) in [7, 11) is 4.29. The zero-order valence-electron chi connectivity index (χ0n) is 9.91. The van der Waals surface area contributed by atoms with Gasteiger partial charge >= 0.3 is 0 Å². The first-order valence-electron chi connectivity index (χ1n) is 5.22. The third kappa shape index (κ3) is 1.83. The monoisotopic (exact) mass is 191 g/mol. The van der Waals surface area contributed by atoms with Crippen molar-refractivity contribution in [2.45, 2.75) is 26.3 Å². The Hall–Kier alpha value is -0.820. The molecule has 0 aromatic heterocycles. The Morgan fingerprint density at radius 2 is 1.57 bits per heavy atom. The van der Waals surface area contributed by atoms with Crippen LogP contribution in [0.1, 0.15) is 26.3 Å². The molecule has 78 valence electrons. The van der Waals surface area contributed by atoms with Crippen LogP contribution >= 0.6 is 0 Å². The third-order valence-electron chi connectivity index (χ3n) is 3.41. The molecule has 0 spiro atoms. The maximum absolute atomic E-state index is 2.30. The predicted molar refractivity (Wildman–Crippen MR) is 62.3 cm³/mol. The fraction of sp³-hybridized carbons (Fsp3) is 0.538. The summed E-state index contributed by atoms with van der Waals surface area (Å²) in [4.78, 5) is 2.30. The topological polar surface area (TPSA) is 3.24 Å². The molecule has 1 heteroatoms. The molecule has 0 heterocycles. The average Bonchev–Trinajstić information content (AvgIpc) is 2.17. The van der Waals surface area contributed by atoms with Gasteiger partial charge in [0.05, 0.1) is 0 Å². The van der Waals surface area contributed by atoms with Gasteiger partial charge in [0.15, 0.2) is 0 Å². The Morgan fingerprint density at radius 3 is 1.93 bits per heavy atom. The van der Waals surface area contributed by atoms with Crippen LogP contribution in [0.25, 0.3) is 0 Å². The molecule has 1 atom stereocenters. The maximum Gasteiger partial charge on any atom is 0.0449 e. The summed E-state index contributed by atoms with van der Waals surface area (Å²) in [6, 6.07) is 10.7. The summed E-state index contributed by atoms with van der Waals surface area (Å²) in [6.45, 7) is 6.84. The summed E-state index contributed by atoms with van der Waals surface area (Å²) in [6.07, 6.45) is 0. The van der Waals surface area contributed by atoms with E-state index in [0.29, 0.717) is 5.92 Å². The minimum Gasteiger partial charge on any atom is -0.300 e.